The summed E-state index contributed by atoms with van der Waals surface area (Å²) in [6, 6.07) is 12.4. The van der Waals surface area contributed by atoms with Crippen molar-refractivity contribution in [1.82, 2.24) is 19.7 Å². The fraction of sp³-hybridized carbons (Fsp3) is 0.458. The van der Waals surface area contributed by atoms with Crippen LogP contribution in [-0.2, 0) is 13.0 Å². The van der Waals surface area contributed by atoms with Crippen LogP contribution in [0.25, 0.3) is 10.9 Å². The Bertz CT molecular complexity index is 1110. The zero-order chi connectivity index (χ0) is 19.4. The van der Waals surface area contributed by atoms with Gasteiger partial charge in [0.2, 0.25) is 0 Å². The Morgan fingerprint density at radius 1 is 1.03 bits per heavy atom. The molecule has 7 rings (SSSR count). The summed E-state index contributed by atoms with van der Waals surface area (Å²) in [7, 11) is 0. The van der Waals surface area contributed by atoms with Crippen LogP contribution in [0.5, 0.6) is 0 Å². The molecule has 0 saturated carbocycles. The van der Waals surface area contributed by atoms with Crippen molar-refractivity contribution in [2.75, 3.05) is 19.6 Å². The second-order valence-electron chi connectivity index (χ2n) is 8.96. The molecule has 0 N–H and O–H groups in total. The van der Waals surface area contributed by atoms with Crippen molar-refractivity contribution in [3.8, 4) is 0 Å². The lowest BCUT2D eigenvalue weighted by atomic mass is 9.67. The van der Waals surface area contributed by atoms with E-state index >= 15 is 0 Å². The fourth-order valence-electron chi connectivity index (χ4n) is 6.07. The second-order valence-corrected chi connectivity index (χ2v) is 8.96. The number of fused-ring (bicyclic) bond motifs is 3. The molecule has 3 aliphatic heterocycles. The summed E-state index contributed by atoms with van der Waals surface area (Å²) in [5.74, 6) is 1.66. The highest BCUT2D eigenvalue weighted by Gasteiger charge is 2.42. The van der Waals surface area contributed by atoms with Crippen LogP contribution in [0.1, 0.15) is 42.0 Å². The maximum absolute atomic E-state index is 13.1. The first-order valence-electron chi connectivity index (χ1n) is 10.9. The van der Waals surface area contributed by atoms with Gasteiger partial charge in [0.15, 0.2) is 0 Å². The first-order valence-corrected chi connectivity index (χ1v) is 10.9. The predicted octanol–water partition coefficient (Wildman–Crippen LogP) is 3.21. The molecule has 0 radical (unpaired) electrons. The molecular weight excluding hydrogens is 360 g/mol. The summed E-state index contributed by atoms with van der Waals surface area (Å²) in [5.41, 5.74) is 4.27. The van der Waals surface area contributed by atoms with Gasteiger partial charge in [-0.3, -0.25) is 9.48 Å². The summed E-state index contributed by atoms with van der Waals surface area (Å²) in [6.45, 7) is 4.32. The third-order valence-electron chi connectivity index (χ3n) is 7.45. The van der Waals surface area contributed by atoms with E-state index in [1.54, 1.807) is 6.20 Å². The molecule has 4 aliphatic rings. The summed E-state index contributed by atoms with van der Waals surface area (Å²) >= 11 is 0. The van der Waals surface area contributed by atoms with Crippen molar-refractivity contribution in [3.63, 3.8) is 0 Å². The number of nitrogens with zero attached hydrogens (tertiary/aromatic N) is 4. The molecule has 0 amide bonds. The molecule has 148 valence electrons. The van der Waals surface area contributed by atoms with Crippen molar-refractivity contribution in [3.05, 3.63) is 69.8 Å². The van der Waals surface area contributed by atoms with Crippen molar-refractivity contribution in [2.45, 2.75) is 38.1 Å². The maximum Gasteiger partial charge on any atom is 0.273 e. The van der Waals surface area contributed by atoms with Crippen LogP contribution in [0.3, 0.4) is 0 Å². The molecule has 3 aromatic rings. The zero-order valence-electron chi connectivity index (χ0n) is 16.6. The SMILES string of the molecule is O=c1nccc2c3c(nn2Cc2ccccc2)CCC([C@@H]2CN4CCC2CC4)c13. The average molecular weight is 386 g/mol. The van der Waals surface area contributed by atoms with Crippen LogP contribution in [-0.4, -0.2) is 39.3 Å². The number of benzene rings is 1. The Balaban J connectivity index is 1.49. The summed E-state index contributed by atoms with van der Waals surface area (Å²) < 4.78 is 2.07. The number of hydrogen-bond acceptors (Lipinski definition) is 4. The molecule has 29 heavy (non-hydrogen) atoms. The van der Waals surface area contributed by atoms with Gasteiger partial charge in [0, 0.05) is 23.7 Å². The molecule has 2 bridgehead atoms. The largest absolute Gasteiger partial charge is 0.303 e. The number of aromatic nitrogens is 3. The highest BCUT2D eigenvalue weighted by atomic mass is 16.1. The lowest BCUT2D eigenvalue weighted by Crippen LogP contribution is -2.50. The highest BCUT2D eigenvalue weighted by Crippen LogP contribution is 2.46. The Morgan fingerprint density at radius 2 is 1.86 bits per heavy atom. The van der Waals surface area contributed by atoms with Gasteiger partial charge in [0.1, 0.15) is 0 Å². The van der Waals surface area contributed by atoms with Gasteiger partial charge in [-0.15, -0.1) is 0 Å². The smallest absolute Gasteiger partial charge is 0.273 e. The minimum absolute atomic E-state index is 0.0401. The maximum atomic E-state index is 13.1. The topological polar surface area (TPSA) is 51.0 Å². The second kappa shape index (κ2) is 6.77. The molecule has 0 spiro atoms. The Morgan fingerprint density at radius 3 is 2.62 bits per heavy atom. The first kappa shape index (κ1) is 17.3. The molecule has 3 saturated heterocycles. The molecule has 2 aromatic heterocycles. The van der Waals surface area contributed by atoms with Gasteiger partial charge < -0.3 is 4.90 Å². The van der Waals surface area contributed by atoms with Gasteiger partial charge in [-0.05, 0) is 68.2 Å². The highest BCUT2D eigenvalue weighted by molar-refractivity contribution is 5.86. The van der Waals surface area contributed by atoms with Gasteiger partial charge in [-0.1, -0.05) is 30.3 Å². The standard InChI is InChI=1S/C24H26N4O/c29-24-22-18(19-15-27-12-9-17(19)10-13-27)6-7-20-23(22)21(8-11-25-24)28(26-20)14-16-4-2-1-3-5-16/h1-5,8,11,17-19H,6-7,9-10,12-15H2/t18?,19-/m1/s1. The zero-order valence-corrected chi connectivity index (χ0v) is 16.6. The molecule has 1 aromatic carbocycles. The van der Waals surface area contributed by atoms with E-state index in [1.165, 1.54) is 31.5 Å². The normalized spacial score (nSPS) is 28.0. The van der Waals surface area contributed by atoms with Crippen LogP contribution in [0, 0.1) is 11.8 Å². The fourth-order valence-corrected chi connectivity index (χ4v) is 6.07. The minimum atomic E-state index is -0.0401. The number of rotatable bonds is 3. The molecule has 5 nitrogen and oxygen atoms in total. The van der Waals surface area contributed by atoms with E-state index in [-0.39, 0.29) is 5.56 Å². The van der Waals surface area contributed by atoms with E-state index in [0.717, 1.165) is 54.0 Å². The Hall–Kier alpha value is -2.53. The summed E-state index contributed by atoms with van der Waals surface area (Å²) in [6.07, 6.45) is 6.24. The van der Waals surface area contributed by atoms with Gasteiger partial charge in [0.05, 0.1) is 17.8 Å². The molecule has 1 aliphatic carbocycles. The molecule has 1 unspecified atom stereocenters. The van der Waals surface area contributed by atoms with Crippen molar-refractivity contribution in [2.24, 2.45) is 11.8 Å². The average Bonchev–Trinajstić information content (AvgIpc) is 3.00. The van der Waals surface area contributed by atoms with Crippen LogP contribution < -0.4 is 5.56 Å². The van der Waals surface area contributed by atoms with E-state index in [2.05, 4.69) is 38.8 Å². The van der Waals surface area contributed by atoms with Gasteiger partial charge in [-0.25, -0.2) is 4.98 Å². The van der Waals surface area contributed by atoms with Crippen LogP contribution in [0.4, 0.5) is 0 Å². The van der Waals surface area contributed by atoms with E-state index in [4.69, 9.17) is 5.10 Å². The van der Waals surface area contributed by atoms with Gasteiger partial charge >= 0.3 is 0 Å². The van der Waals surface area contributed by atoms with Crippen LogP contribution in [0.2, 0.25) is 0 Å². The van der Waals surface area contributed by atoms with Crippen molar-refractivity contribution >= 4 is 10.9 Å². The summed E-state index contributed by atoms with van der Waals surface area (Å²) in [5, 5.41) is 6.04. The lowest BCUT2D eigenvalue weighted by molar-refractivity contribution is 0.0345. The third-order valence-corrected chi connectivity index (χ3v) is 7.45. The molecular formula is C24H26N4O. The summed E-state index contributed by atoms with van der Waals surface area (Å²) in [4.78, 5) is 20.0. The molecule has 5 heterocycles. The Labute approximate surface area is 170 Å². The van der Waals surface area contributed by atoms with E-state index in [9.17, 15) is 4.79 Å². The van der Waals surface area contributed by atoms with Crippen LogP contribution in [0.15, 0.2) is 47.4 Å². The van der Waals surface area contributed by atoms with Crippen molar-refractivity contribution < 1.29 is 0 Å². The quantitative estimate of drug-likeness (QED) is 0.694. The minimum Gasteiger partial charge on any atom is -0.303 e. The monoisotopic (exact) mass is 386 g/mol. The first-order chi connectivity index (χ1) is 14.3. The van der Waals surface area contributed by atoms with Gasteiger partial charge in [-0.2, -0.15) is 5.10 Å². The lowest BCUT2D eigenvalue weighted by Gasteiger charge is -2.48. The Kier molecular flexibility index (Phi) is 4.05. The molecule has 3 fully saturated rings. The van der Waals surface area contributed by atoms with E-state index in [1.807, 2.05) is 12.1 Å². The third kappa shape index (κ3) is 2.83. The molecule has 5 heteroatoms. The predicted molar refractivity (Wildman–Crippen MR) is 113 cm³/mol. The number of hydrogen-bond donors (Lipinski definition) is 0. The van der Waals surface area contributed by atoms with E-state index in [0.29, 0.717) is 11.8 Å². The van der Waals surface area contributed by atoms with Crippen molar-refractivity contribution in [1.29, 1.82) is 0 Å². The number of piperidine rings is 3. The van der Waals surface area contributed by atoms with Crippen LogP contribution >= 0.6 is 0 Å². The number of aryl methyl sites for hydroxylation is 1. The van der Waals surface area contributed by atoms with Gasteiger partial charge in [0.25, 0.3) is 5.56 Å². The molecule has 2 atom stereocenters. The van der Waals surface area contributed by atoms with E-state index < -0.39 is 0 Å².